The second-order valence-electron chi connectivity index (χ2n) is 7.55. The van der Waals surface area contributed by atoms with E-state index in [0.717, 1.165) is 11.3 Å². The van der Waals surface area contributed by atoms with Gasteiger partial charge in [0.1, 0.15) is 5.82 Å². The van der Waals surface area contributed by atoms with Crippen LogP contribution in [0.2, 0.25) is 0 Å². The minimum Gasteiger partial charge on any atom is -0.424 e. The standard InChI is InChI=1S/C26H22FN5O2S/c27-19-11-5-4-10-18(19)20(28)16-25(33)34-23-13-7-6-12-22(23)29-26(35)30-24-15-14-21(31-32-24)17-8-2-1-3-9-17/h1-15,20H,16,28H2,(H2,29,30,32,35). The molecule has 0 saturated heterocycles. The fourth-order valence-corrected chi connectivity index (χ4v) is 3.53. The first kappa shape index (κ1) is 23.9. The van der Waals surface area contributed by atoms with Crippen molar-refractivity contribution < 1.29 is 13.9 Å². The number of hydrogen-bond donors (Lipinski definition) is 3. The van der Waals surface area contributed by atoms with Gasteiger partial charge in [-0.3, -0.25) is 4.79 Å². The van der Waals surface area contributed by atoms with Crippen LogP contribution < -0.4 is 21.1 Å². The third kappa shape index (κ3) is 6.44. The van der Waals surface area contributed by atoms with Crippen molar-refractivity contribution >= 4 is 34.8 Å². The third-order valence-corrected chi connectivity index (χ3v) is 5.23. The molecule has 1 aromatic heterocycles. The molecular formula is C26H22FN5O2S. The smallest absolute Gasteiger partial charge is 0.313 e. The molecule has 1 heterocycles. The molecule has 9 heteroatoms. The first-order valence-electron chi connectivity index (χ1n) is 10.8. The van der Waals surface area contributed by atoms with Gasteiger partial charge in [-0.1, -0.05) is 60.7 Å². The maximum atomic E-state index is 13.9. The Morgan fingerprint density at radius 2 is 1.63 bits per heavy atom. The predicted molar refractivity (Wildman–Crippen MR) is 137 cm³/mol. The monoisotopic (exact) mass is 487 g/mol. The van der Waals surface area contributed by atoms with Gasteiger partial charge in [0.25, 0.3) is 0 Å². The molecule has 0 aliphatic carbocycles. The van der Waals surface area contributed by atoms with E-state index in [-0.39, 0.29) is 22.8 Å². The van der Waals surface area contributed by atoms with E-state index in [9.17, 15) is 9.18 Å². The van der Waals surface area contributed by atoms with Gasteiger partial charge in [0.15, 0.2) is 16.7 Å². The van der Waals surface area contributed by atoms with Crippen LogP contribution in [0, 0.1) is 5.82 Å². The fourth-order valence-electron chi connectivity index (χ4n) is 3.32. The largest absolute Gasteiger partial charge is 0.424 e. The Morgan fingerprint density at radius 3 is 2.37 bits per heavy atom. The molecule has 0 aliphatic rings. The van der Waals surface area contributed by atoms with E-state index in [0.29, 0.717) is 11.5 Å². The van der Waals surface area contributed by atoms with Crippen molar-refractivity contribution in [3.05, 3.63) is 102 Å². The second-order valence-corrected chi connectivity index (χ2v) is 7.96. The number of nitrogens with one attached hydrogen (secondary N) is 2. The molecule has 4 rings (SSSR count). The molecule has 0 aliphatic heterocycles. The number of nitrogens with two attached hydrogens (primary N) is 1. The number of anilines is 2. The van der Waals surface area contributed by atoms with Crippen LogP contribution in [0.5, 0.6) is 5.75 Å². The van der Waals surface area contributed by atoms with Crippen LogP contribution >= 0.6 is 12.2 Å². The van der Waals surface area contributed by atoms with Gasteiger partial charge in [-0.15, -0.1) is 10.2 Å². The molecule has 0 saturated carbocycles. The van der Waals surface area contributed by atoms with Gasteiger partial charge in [0, 0.05) is 17.2 Å². The molecule has 0 fully saturated rings. The van der Waals surface area contributed by atoms with E-state index in [2.05, 4.69) is 20.8 Å². The quantitative estimate of drug-likeness (QED) is 0.188. The highest BCUT2D eigenvalue weighted by molar-refractivity contribution is 7.80. The lowest BCUT2D eigenvalue weighted by atomic mass is 10.0. The van der Waals surface area contributed by atoms with Crippen LogP contribution in [0.4, 0.5) is 15.9 Å². The molecule has 0 radical (unpaired) electrons. The Balaban J connectivity index is 1.37. The second kappa shape index (κ2) is 11.3. The maximum absolute atomic E-state index is 13.9. The van der Waals surface area contributed by atoms with Gasteiger partial charge in [0.2, 0.25) is 0 Å². The molecule has 3 aromatic carbocycles. The van der Waals surface area contributed by atoms with Crippen molar-refractivity contribution in [1.82, 2.24) is 10.2 Å². The highest BCUT2D eigenvalue weighted by Gasteiger charge is 2.18. The average Bonchev–Trinajstić information content (AvgIpc) is 2.86. The van der Waals surface area contributed by atoms with Crippen LogP contribution in [0.3, 0.4) is 0 Å². The summed E-state index contributed by atoms with van der Waals surface area (Å²) in [4.78, 5) is 12.5. The van der Waals surface area contributed by atoms with Crippen LogP contribution in [0.25, 0.3) is 11.3 Å². The Labute approximate surface area is 207 Å². The summed E-state index contributed by atoms with van der Waals surface area (Å²) in [5, 5.41) is 14.6. The van der Waals surface area contributed by atoms with Crippen LogP contribution in [-0.2, 0) is 4.79 Å². The average molecular weight is 488 g/mol. The number of rotatable bonds is 7. The normalized spacial score (nSPS) is 11.4. The van der Waals surface area contributed by atoms with Gasteiger partial charge in [-0.25, -0.2) is 4.39 Å². The Hall–Kier alpha value is -4.21. The molecule has 1 atom stereocenters. The number of thiocarbonyl (C=S) groups is 1. The summed E-state index contributed by atoms with van der Waals surface area (Å²) in [6.07, 6.45) is -0.193. The zero-order valence-corrected chi connectivity index (χ0v) is 19.3. The van der Waals surface area contributed by atoms with Crippen molar-refractivity contribution in [3.63, 3.8) is 0 Å². The maximum Gasteiger partial charge on any atom is 0.313 e. The molecule has 0 amide bonds. The number of nitrogens with zero attached hydrogens (tertiary/aromatic N) is 2. The summed E-state index contributed by atoms with van der Waals surface area (Å²) in [6.45, 7) is 0. The SMILES string of the molecule is NC(CC(=O)Oc1ccccc1NC(=S)Nc1ccc(-c2ccccc2)nn1)c1ccccc1F. The molecule has 4 aromatic rings. The summed E-state index contributed by atoms with van der Waals surface area (Å²) >= 11 is 5.37. The number of aromatic nitrogens is 2. The number of esters is 1. The van der Waals surface area contributed by atoms with Gasteiger partial charge in [-0.2, -0.15) is 0 Å². The van der Waals surface area contributed by atoms with E-state index in [4.69, 9.17) is 22.7 Å². The van der Waals surface area contributed by atoms with Gasteiger partial charge < -0.3 is 21.1 Å². The molecule has 0 bridgehead atoms. The van der Waals surface area contributed by atoms with Crippen LogP contribution in [0.1, 0.15) is 18.0 Å². The van der Waals surface area contributed by atoms with Crippen molar-refractivity contribution in [2.24, 2.45) is 5.73 Å². The van der Waals surface area contributed by atoms with Crippen molar-refractivity contribution in [2.75, 3.05) is 10.6 Å². The van der Waals surface area contributed by atoms with Gasteiger partial charge >= 0.3 is 5.97 Å². The lowest BCUT2D eigenvalue weighted by Gasteiger charge is -2.15. The van der Waals surface area contributed by atoms with Gasteiger partial charge in [0.05, 0.1) is 17.8 Å². The van der Waals surface area contributed by atoms with E-state index in [1.165, 1.54) is 6.07 Å². The lowest BCUT2D eigenvalue weighted by molar-refractivity contribution is -0.134. The zero-order valence-electron chi connectivity index (χ0n) is 18.5. The van der Waals surface area contributed by atoms with E-state index >= 15 is 0 Å². The van der Waals surface area contributed by atoms with Crippen molar-refractivity contribution in [2.45, 2.75) is 12.5 Å². The molecule has 4 N–H and O–H groups in total. The number of benzene rings is 3. The fraction of sp³-hybridized carbons (Fsp3) is 0.0769. The Bertz CT molecular complexity index is 1320. The molecule has 0 spiro atoms. The number of para-hydroxylation sites is 2. The van der Waals surface area contributed by atoms with E-state index in [1.54, 1.807) is 48.5 Å². The molecule has 176 valence electrons. The highest BCUT2D eigenvalue weighted by atomic mass is 32.1. The highest BCUT2D eigenvalue weighted by Crippen LogP contribution is 2.26. The summed E-state index contributed by atoms with van der Waals surface area (Å²) < 4.78 is 19.4. The predicted octanol–water partition coefficient (Wildman–Crippen LogP) is 5.09. The lowest BCUT2D eigenvalue weighted by Crippen LogP contribution is -2.22. The number of halogens is 1. The first-order valence-corrected chi connectivity index (χ1v) is 11.2. The number of hydrogen-bond acceptors (Lipinski definition) is 6. The minimum atomic E-state index is -0.830. The van der Waals surface area contributed by atoms with Crippen LogP contribution in [0.15, 0.2) is 91.0 Å². The zero-order chi connectivity index (χ0) is 24.6. The summed E-state index contributed by atoms with van der Waals surface area (Å²) in [7, 11) is 0. The number of carbonyl (C=O) groups excluding carboxylic acids is 1. The summed E-state index contributed by atoms with van der Waals surface area (Å²) in [5.74, 6) is -0.358. The summed E-state index contributed by atoms with van der Waals surface area (Å²) in [5.41, 5.74) is 8.41. The Kier molecular flexibility index (Phi) is 7.71. The molecule has 35 heavy (non-hydrogen) atoms. The molecule has 1 unspecified atom stereocenters. The number of carbonyl (C=O) groups is 1. The van der Waals surface area contributed by atoms with Crippen molar-refractivity contribution in [1.29, 1.82) is 0 Å². The molecule has 7 nitrogen and oxygen atoms in total. The summed E-state index contributed by atoms with van der Waals surface area (Å²) in [6, 6.07) is 25.3. The third-order valence-electron chi connectivity index (χ3n) is 5.03. The van der Waals surface area contributed by atoms with Gasteiger partial charge in [-0.05, 0) is 42.5 Å². The van der Waals surface area contributed by atoms with E-state index < -0.39 is 17.8 Å². The van der Waals surface area contributed by atoms with E-state index in [1.807, 2.05) is 36.4 Å². The topological polar surface area (TPSA) is 102 Å². The minimum absolute atomic E-state index is 0.193. The number of ether oxygens (including phenoxy) is 1. The molecular weight excluding hydrogens is 465 g/mol. The first-order chi connectivity index (χ1) is 17.0. The Morgan fingerprint density at radius 1 is 0.914 bits per heavy atom. The van der Waals surface area contributed by atoms with Crippen LogP contribution in [-0.4, -0.2) is 21.3 Å². The van der Waals surface area contributed by atoms with Crippen molar-refractivity contribution in [3.8, 4) is 17.0 Å².